The van der Waals surface area contributed by atoms with Crippen molar-refractivity contribution in [3.05, 3.63) is 59.8 Å². The average molecular weight is 402 g/mol. The summed E-state index contributed by atoms with van der Waals surface area (Å²) in [5.74, 6) is 1.63. The van der Waals surface area contributed by atoms with Gasteiger partial charge in [-0.15, -0.1) is 10.2 Å². The molecule has 0 fully saturated rings. The van der Waals surface area contributed by atoms with Gasteiger partial charge in [0.2, 0.25) is 0 Å². The number of anilines is 2. The third-order valence-electron chi connectivity index (χ3n) is 4.94. The molecular formula is C21H23BN6O2. The highest BCUT2D eigenvalue weighted by molar-refractivity contribution is 6.62. The molecule has 0 amide bonds. The summed E-state index contributed by atoms with van der Waals surface area (Å²) in [6, 6.07) is 15.4. The third-order valence-corrected chi connectivity index (χ3v) is 4.94. The highest BCUT2D eigenvalue weighted by Crippen LogP contribution is 2.31. The van der Waals surface area contributed by atoms with E-state index in [1.807, 2.05) is 62.3 Å². The Balaban J connectivity index is 1.81. The number of aryl methyl sites for hydroxylation is 1. The molecule has 8 nitrogen and oxygen atoms in total. The molecule has 2 heterocycles. The lowest BCUT2D eigenvalue weighted by Crippen LogP contribution is -2.30. The largest absolute Gasteiger partial charge is 0.489 e. The van der Waals surface area contributed by atoms with Gasteiger partial charge in [-0.25, -0.2) is 4.98 Å². The molecule has 0 unspecified atom stereocenters. The SMILES string of the molecule is Cc1[nH]c2cccc(B(O)O)c2c1-c1nnc(N(C)C)c(NCc2ccccc2)n1. The number of benzene rings is 2. The van der Waals surface area contributed by atoms with E-state index in [2.05, 4.69) is 20.5 Å². The molecule has 152 valence electrons. The summed E-state index contributed by atoms with van der Waals surface area (Å²) in [6.45, 7) is 2.50. The highest BCUT2D eigenvalue weighted by atomic mass is 16.4. The molecule has 4 aromatic rings. The average Bonchev–Trinajstić information content (AvgIpc) is 3.08. The van der Waals surface area contributed by atoms with Crippen LogP contribution in [0.15, 0.2) is 48.5 Å². The van der Waals surface area contributed by atoms with Gasteiger partial charge in [0.05, 0.1) is 0 Å². The molecule has 0 aliphatic heterocycles. The zero-order valence-corrected chi connectivity index (χ0v) is 17.1. The maximum atomic E-state index is 9.85. The second-order valence-corrected chi connectivity index (χ2v) is 7.31. The summed E-state index contributed by atoms with van der Waals surface area (Å²) in [5, 5.41) is 32.5. The molecule has 0 spiro atoms. The smallest absolute Gasteiger partial charge is 0.423 e. The van der Waals surface area contributed by atoms with E-state index < -0.39 is 7.12 Å². The number of aromatic nitrogens is 4. The minimum atomic E-state index is -1.60. The highest BCUT2D eigenvalue weighted by Gasteiger charge is 2.23. The molecule has 0 aliphatic carbocycles. The number of nitrogens with one attached hydrogen (secondary N) is 2. The van der Waals surface area contributed by atoms with Crippen molar-refractivity contribution in [1.82, 2.24) is 20.2 Å². The standard InChI is InChI=1S/C21H23BN6O2/c1-13-17(18-15(22(29)30)10-7-11-16(18)24-13)19-25-20(21(27-26-19)28(2)3)23-12-14-8-5-4-6-9-14/h4-11,24,29-30H,12H2,1-3H3,(H,23,25,26). The molecular weight excluding hydrogens is 379 g/mol. The van der Waals surface area contributed by atoms with Crippen molar-refractivity contribution in [2.45, 2.75) is 13.5 Å². The molecule has 0 radical (unpaired) electrons. The van der Waals surface area contributed by atoms with Crippen molar-refractivity contribution in [3.8, 4) is 11.4 Å². The van der Waals surface area contributed by atoms with E-state index in [0.717, 1.165) is 16.8 Å². The Morgan fingerprint density at radius 2 is 1.80 bits per heavy atom. The summed E-state index contributed by atoms with van der Waals surface area (Å²) < 4.78 is 0. The van der Waals surface area contributed by atoms with E-state index in [1.54, 1.807) is 12.1 Å². The summed E-state index contributed by atoms with van der Waals surface area (Å²) in [7, 11) is 2.17. The van der Waals surface area contributed by atoms with Crippen molar-refractivity contribution < 1.29 is 10.0 Å². The number of hydrogen-bond donors (Lipinski definition) is 4. The third kappa shape index (κ3) is 3.72. The fraction of sp³-hybridized carbons (Fsp3) is 0.190. The molecule has 2 aromatic carbocycles. The molecule has 2 aromatic heterocycles. The number of aromatic amines is 1. The van der Waals surface area contributed by atoms with Gasteiger partial charge in [0, 0.05) is 42.8 Å². The fourth-order valence-electron chi connectivity index (χ4n) is 3.53. The molecule has 0 aliphatic rings. The van der Waals surface area contributed by atoms with E-state index in [1.165, 1.54) is 0 Å². The van der Waals surface area contributed by atoms with Crippen LogP contribution in [0.2, 0.25) is 0 Å². The van der Waals surface area contributed by atoms with E-state index >= 15 is 0 Å². The lowest BCUT2D eigenvalue weighted by Gasteiger charge is -2.16. The molecule has 0 saturated carbocycles. The van der Waals surface area contributed by atoms with Crippen molar-refractivity contribution in [2.24, 2.45) is 0 Å². The van der Waals surface area contributed by atoms with Crippen molar-refractivity contribution in [2.75, 3.05) is 24.3 Å². The Morgan fingerprint density at radius 1 is 1.03 bits per heavy atom. The summed E-state index contributed by atoms with van der Waals surface area (Å²) in [6.07, 6.45) is 0. The van der Waals surface area contributed by atoms with Gasteiger partial charge in [0.1, 0.15) is 0 Å². The van der Waals surface area contributed by atoms with Crippen LogP contribution in [0, 0.1) is 6.92 Å². The first-order valence-corrected chi connectivity index (χ1v) is 9.63. The quantitative estimate of drug-likeness (QED) is 0.363. The van der Waals surface area contributed by atoms with Crippen LogP contribution in [-0.2, 0) is 6.54 Å². The van der Waals surface area contributed by atoms with E-state index in [-0.39, 0.29) is 0 Å². The van der Waals surface area contributed by atoms with Gasteiger partial charge in [0.25, 0.3) is 0 Å². The second-order valence-electron chi connectivity index (χ2n) is 7.31. The number of H-pyrrole nitrogens is 1. The van der Waals surface area contributed by atoms with Gasteiger partial charge in [-0.05, 0) is 24.0 Å². The second kappa shape index (κ2) is 8.13. The Labute approximate surface area is 174 Å². The minimum Gasteiger partial charge on any atom is -0.423 e. The van der Waals surface area contributed by atoms with Crippen LogP contribution in [-0.4, -0.2) is 51.4 Å². The molecule has 9 heteroatoms. The van der Waals surface area contributed by atoms with Gasteiger partial charge in [-0.1, -0.05) is 42.5 Å². The first-order chi connectivity index (χ1) is 14.5. The topological polar surface area (TPSA) is 110 Å². The lowest BCUT2D eigenvalue weighted by molar-refractivity contribution is 0.426. The van der Waals surface area contributed by atoms with Crippen LogP contribution in [0.3, 0.4) is 0 Å². The minimum absolute atomic E-state index is 0.394. The van der Waals surface area contributed by atoms with Crippen LogP contribution >= 0.6 is 0 Å². The van der Waals surface area contributed by atoms with Gasteiger partial charge < -0.3 is 25.2 Å². The number of fused-ring (bicyclic) bond motifs is 1. The van der Waals surface area contributed by atoms with Gasteiger partial charge >= 0.3 is 7.12 Å². The molecule has 0 atom stereocenters. The van der Waals surface area contributed by atoms with E-state index in [0.29, 0.717) is 40.4 Å². The van der Waals surface area contributed by atoms with Crippen LogP contribution in [0.25, 0.3) is 22.3 Å². The number of hydrogen-bond acceptors (Lipinski definition) is 7. The Bertz CT molecular complexity index is 1180. The molecule has 30 heavy (non-hydrogen) atoms. The maximum Gasteiger partial charge on any atom is 0.489 e. The van der Waals surface area contributed by atoms with Crippen molar-refractivity contribution in [3.63, 3.8) is 0 Å². The first kappa shape index (κ1) is 19.9. The van der Waals surface area contributed by atoms with Crippen LogP contribution < -0.4 is 15.7 Å². The summed E-state index contributed by atoms with van der Waals surface area (Å²) in [5.41, 5.74) is 3.83. The van der Waals surface area contributed by atoms with Crippen molar-refractivity contribution in [1.29, 1.82) is 0 Å². The van der Waals surface area contributed by atoms with Crippen LogP contribution in [0.1, 0.15) is 11.3 Å². The molecule has 4 rings (SSSR count). The normalized spacial score (nSPS) is 11.0. The zero-order chi connectivity index (χ0) is 21.3. The number of nitrogens with zero attached hydrogens (tertiary/aromatic N) is 4. The monoisotopic (exact) mass is 402 g/mol. The fourth-order valence-corrected chi connectivity index (χ4v) is 3.53. The Hall–Kier alpha value is -3.43. The first-order valence-electron chi connectivity index (χ1n) is 9.63. The Morgan fingerprint density at radius 3 is 2.50 bits per heavy atom. The van der Waals surface area contributed by atoms with Gasteiger partial charge in [0.15, 0.2) is 17.5 Å². The van der Waals surface area contributed by atoms with Crippen LogP contribution in [0.4, 0.5) is 11.6 Å². The molecule has 0 saturated heterocycles. The zero-order valence-electron chi connectivity index (χ0n) is 17.1. The molecule has 4 N–H and O–H groups in total. The summed E-state index contributed by atoms with van der Waals surface area (Å²) in [4.78, 5) is 9.88. The van der Waals surface area contributed by atoms with Crippen LogP contribution in [0.5, 0.6) is 0 Å². The van der Waals surface area contributed by atoms with Crippen molar-refractivity contribution >= 4 is 35.1 Å². The lowest BCUT2D eigenvalue weighted by atomic mass is 9.77. The van der Waals surface area contributed by atoms with Gasteiger partial charge in [-0.3, -0.25) is 0 Å². The predicted octanol–water partition coefficient (Wildman–Crippen LogP) is 1.69. The van der Waals surface area contributed by atoms with Gasteiger partial charge in [-0.2, -0.15) is 0 Å². The molecule has 0 bridgehead atoms. The number of rotatable bonds is 6. The van der Waals surface area contributed by atoms with E-state index in [4.69, 9.17) is 4.98 Å². The Kier molecular flexibility index (Phi) is 5.39. The predicted molar refractivity (Wildman–Crippen MR) is 120 cm³/mol. The summed E-state index contributed by atoms with van der Waals surface area (Å²) >= 11 is 0. The maximum absolute atomic E-state index is 9.85. The van der Waals surface area contributed by atoms with E-state index in [9.17, 15) is 10.0 Å².